The zero-order chi connectivity index (χ0) is 9.26. The van der Waals surface area contributed by atoms with Gasteiger partial charge in [-0.25, -0.2) is 9.78 Å². The number of hydrogen-bond donors (Lipinski definition) is 2. The number of nitrogens with zero attached hydrogens (tertiary/aromatic N) is 1. The van der Waals surface area contributed by atoms with Crippen molar-refractivity contribution in [1.29, 1.82) is 1.43 Å². The van der Waals surface area contributed by atoms with E-state index in [2.05, 4.69) is 15.1 Å². The maximum absolute atomic E-state index is 11.1. The van der Waals surface area contributed by atoms with Crippen LogP contribution in [0.15, 0.2) is 24.5 Å². The van der Waals surface area contributed by atoms with Crippen LogP contribution in [0.1, 0.15) is 10.4 Å². The van der Waals surface area contributed by atoms with Gasteiger partial charge in [0.1, 0.15) is 5.65 Å². The van der Waals surface area contributed by atoms with Crippen LogP contribution >= 0.6 is 0 Å². The van der Waals surface area contributed by atoms with Crippen LogP contribution in [0, 0.1) is 0 Å². The van der Waals surface area contributed by atoms with E-state index >= 15 is 0 Å². The van der Waals surface area contributed by atoms with Crippen molar-refractivity contribution in [3.05, 3.63) is 30.1 Å². The number of aromatic amines is 1. The highest BCUT2D eigenvalue weighted by molar-refractivity contribution is 6.01. The standard InChI is InChI=1S/C8H6N2O2/c11-8(12)6-2-4-10-7-5(6)1-3-9-7/h1-4H,(H,9,10)(H,11,12)/i/hD. The Morgan fingerprint density at radius 3 is 3.42 bits per heavy atom. The van der Waals surface area contributed by atoms with Crippen LogP contribution in [0.5, 0.6) is 0 Å². The fourth-order valence-electron chi connectivity index (χ4n) is 1.14. The number of aromatic carboxylic acids is 1. The van der Waals surface area contributed by atoms with E-state index in [0.29, 0.717) is 16.6 Å². The Morgan fingerprint density at radius 2 is 2.58 bits per heavy atom. The molecule has 0 bridgehead atoms. The summed E-state index contributed by atoms with van der Waals surface area (Å²) in [4.78, 5) is 17.9. The number of rotatable bonds is 1. The lowest BCUT2D eigenvalue weighted by molar-refractivity contribution is 0.0699. The van der Waals surface area contributed by atoms with Crippen molar-refractivity contribution >= 4 is 17.0 Å². The lowest BCUT2D eigenvalue weighted by Crippen LogP contribution is -1.96. The molecular formula is C8H6N2O2. The minimum Gasteiger partial charge on any atom is -0.478 e. The third-order valence-corrected chi connectivity index (χ3v) is 1.68. The number of carboxylic acids is 1. The number of fused-ring (bicyclic) bond motifs is 1. The molecule has 0 atom stereocenters. The van der Waals surface area contributed by atoms with Gasteiger partial charge in [-0.05, 0) is 12.1 Å². The van der Waals surface area contributed by atoms with E-state index in [4.69, 9.17) is 1.43 Å². The van der Waals surface area contributed by atoms with E-state index in [0.717, 1.165) is 0 Å². The van der Waals surface area contributed by atoms with Gasteiger partial charge >= 0.3 is 5.97 Å². The summed E-state index contributed by atoms with van der Waals surface area (Å²) in [5.74, 6) is -0.674. The summed E-state index contributed by atoms with van der Waals surface area (Å²) in [6, 6.07) is 3.24. The number of carbonyl (C=O) groups is 1. The average Bonchev–Trinajstić information content (AvgIpc) is 2.63. The van der Waals surface area contributed by atoms with Crippen LogP contribution in [0.4, 0.5) is 0 Å². The molecule has 0 saturated carbocycles. The molecule has 0 aromatic carbocycles. The van der Waals surface area contributed by atoms with E-state index in [9.17, 15) is 4.79 Å². The first-order chi connectivity index (χ1) is 6.33. The summed E-state index contributed by atoms with van der Waals surface area (Å²) in [7, 11) is 0. The average molecular weight is 163 g/mol. The summed E-state index contributed by atoms with van der Waals surface area (Å²) in [6.45, 7) is 0. The van der Waals surface area contributed by atoms with E-state index < -0.39 is 5.97 Å². The summed E-state index contributed by atoms with van der Waals surface area (Å²) in [6.07, 6.45) is 3.17. The van der Waals surface area contributed by atoms with E-state index in [1.165, 1.54) is 12.3 Å². The summed E-state index contributed by atoms with van der Waals surface area (Å²) >= 11 is 0. The highest BCUT2D eigenvalue weighted by Gasteiger charge is 2.07. The molecule has 2 N–H and O–H groups in total. The maximum atomic E-state index is 11.1. The molecule has 0 unspecified atom stereocenters. The fourth-order valence-corrected chi connectivity index (χ4v) is 1.14. The molecule has 0 aliphatic carbocycles. The largest absolute Gasteiger partial charge is 0.478 e. The molecule has 2 rings (SSSR count). The predicted octanol–water partition coefficient (Wildman–Crippen LogP) is 1.26. The SMILES string of the molecule is [2H]OC(=O)c1ccnc2[nH]ccc12. The first-order valence-corrected chi connectivity index (χ1v) is 3.42. The highest BCUT2D eigenvalue weighted by Crippen LogP contribution is 2.14. The summed E-state index contributed by atoms with van der Waals surface area (Å²) < 4.78 is 6.49. The van der Waals surface area contributed by atoms with Gasteiger partial charge in [-0.3, -0.25) is 0 Å². The highest BCUT2D eigenvalue weighted by atomic mass is 16.4. The van der Waals surface area contributed by atoms with Gasteiger partial charge in [0.05, 0.1) is 5.56 Å². The Bertz CT molecular complexity index is 452. The Morgan fingerprint density at radius 1 is 1.67 bits per heavy atom. The number of aromatic nitrogens is 2. The van der Waals surface area contributed by atoms with Crippen LogP contribution in [-0.2, 0) is 0 Å². The zero-order valence-corrected chi connectivity index (χ0v) is 6.07. The number of carboxylic acid groups (broad SMARTS) is 1. The maximum Gasteiger partial charge on any atom is 0.336 e. The molecule has 0 spiro atoms. The van der Waals surface area contributed by atoms with E-state index in [-0.39, 0.29) is 0 Å². The van der Waals surface area contributed by atoms with Gasteiger partial charge in [-0.1, -0.05) is 0 Å². The molecule has 2 heterocycles. The topological polar surface area (TPSA) is 66.0 Å². The third-order valence-electron chi connectivity index (χ3n) is 1.68. The number of pyridine rings is 1. The normalized spacial score (nSPS) is 11.2. The van der Waals surface area contributed by atoms with E-state index in [1.54, 1.807) is 12.3 Å². The number of H-pyrrole nitrogens is 1. The van der Waals surface area contributed by atoms with Crippen LogP contribution < -0.4 is 0 Å². The van der Waals surface area contributed by atoms with Crippen molar-refractivity contribution in [3.8, 4) is 0 Å². The molecule has 0 aliphatic heterocycles. The van der Waals surface area contributed by atoms with Crippen LogP contribution in [-0.4, -0.2) is 21.0 Å². The monoisotopic (exact) mass is 163 g/mol. The van der Waals surface area contributed by atoms with Crippen LogP contribution in [0.2, 0.25) is 0 Å². The van der Waals surface area contributed by atoms with Crippen molar-refractivity contribution in [3.63, 3.8) is 0 Å². The van der Waals surface area contributed by atoms with Crippen molar-refractivity contribution < 1.29 is 9.90 Å². The quantitative estimate of drug-likeness (QED) is 0.665. The Kier molecular flexibility index (Phi) is 1.12. The van der Waals surface area contributed by atoms with Crippen molar-refractivity contribution in [1.82, 2.24) is 9.97 Å². The van der Waals surface area contributed by atoms with Crippen LogP contribution in [0.3, 0.4) is 0 Å². The van der Waals surface area contributed by atoms with Crippen LogP contribution in [0.25, 0.3) is 12.5 Å². The number of hydrogen-bond acceptors (Lipinski definition) is 3. The van der Waals surface area contributed by atoms with Gasteiger partial charge in [0.25, 0.3) is 1.43 Å². The van der Waals surface area contributed by atoms with Crippen molar-refractivity contribution in [2.75, 3.05) is 0 Å². The van der Waals surface area contributed by atoms with Crippen molar-refractivity contribution in [2.24, 2.45) is 0 Å². The van der Waals surface area contributed by atoms with Gasteiger partial charge in [0.2, 0.25) is 0 Å². The lowest BCUT2D eigenvalue weighted by Gasteiger charge is -1.94. The molecular weight excluding hydrogens is 156 g/mol. The fraction of sp³-hybridized carbons (Fsp3) is 0. The van der Waals surface area contributed by atoms with Crippen molar-refractivity contribution in [2.45, 2.75) is 0 Å². The first-order valence-electron chi connectivity index (χ1n) is 3.83. The zero-order valence-electron chi connectivity index (χ0n) is 7.07. The lowest BCUT2D eigenvalue weighted by atomic mass is 10.2. The molecule has 4 heteroatoms. The minimum absolute atomic E-state index is 0.348. The van der Waals surface area contributed by atoms with E-state index in [1.807, 2.05) is 0 Å². The second-order valence-electron chi connectivity index (χ2n) is 2.39. The third kappa shape index (κ3) is 0.852. The number of nitrogens with one attached hydrogen (secondary N) is 1. The molecule has 0 aliphatic rings. The summed E-state index contributed by atoms with van der Waals surface area (Å²) in [5.41, 5.74) is 0.962. The molecule has 2 aromatic rings. The Balaban J connectivity index is 2.67. The minimum atomic E-state index is -0.674. The molecule has 0 amide bonds. The predicted molar refractivity (Wildman–Crippen MR) is 43.1 cm³/mol. The van der Waals surface area contributed by atoms with Gasteiger partial charge in [0, 0.05) is 17.8 Å². The Hall–Kier alpha value is -1.84. The molecule has 0 saturated heterocycles. The smallest absolute Gasteiger partial charge is 0.336 e. The molecule has 0 radical (unpaired) electrons. The first kappa shape index (κ1) is 5.77. The van der Waals surface area contributed by atoms with Gasteiger partial charge in [0.15, 0.2) is 0 Å². The van der Waals surface area contributed by atoms with Gasteiger partial charge < -0.3 is 10.1 Å². The molecule has 0 fully saturated rings. The molecule has 60 valence electrons. The second-order valence-corrected chi connectivity index (χ2v) is 2.39. The van der Waals surface area contributed by atoms with Gasteiger partial charge in [-0.15, -0.1) is 0 Å². The Labute approximate surface area is 69.4 Å². The molecule has 2 aromatic heterocycles. The van der Waals surface area contributed by atoms with Gasteiger partial charge in [-0.2, -0.15) is 0 Å². The second kappa shape index (κ2) is 2.34. The molecule has 12 heavy (non-hydrogen) atoms. The molecule has 4 nitrogen and oxygen atoms in total. The summed E-state index contributed by atoms with van der Waals surface area (Å²) in [5, 5.41) is 4.55.